The number of carbonyl (C=O) groups is 1. The van der Waals surface area contributed by atoms with Gasteiger partial charge in [-0.25, -0.2) is 4.79 Å². The van der Waals surface area contributed by atoms with Crippen LogP contribution in [0.3, 0.4) is 0 Å². The SMILES string of the molecule is CC(C)(C)OC(=O)N1CCN(c2c(C#N)cnc3cc(Cl)c(-c4ccc(Cl)cc4)cc23)CC1. The molecule has 0 aliphatic carbocycles. The summed E-state index contributed by atoms with van der Waals surface area (Å²) < 4.78 is 5.50. The summed E-state index contributed by atoms with van der Waals surface area (Å²) in [5, 5.41) is 11.9. The van der Waals surface area contributed by atoms with Gasteiger partial charge in [0.15, 0.2) is 0 Å². The minimum absolute atomic E-state index is 0.320. The third-order valence-corrected chi connectivity index (χ3v) is 6.02. The Hall–Kier alpha value is -3.01. The van der Waals surface area contributed by atoms with E-state index in [-0.39, 0.29) is 6.09 Å². The number of hydrogen-bond donors (Lipinski definition) is 0. The van der Waals surface area contributed by atoms with Gasteiger partial charge in [0.1, 0.15) is 11.7 Å². The third-order valence-electron chi connectivity index (χ3n) is 5.45. The van der Waals surface area contributed by atoms with Gasteiger partial charge in [0.25, 0.3) is 0 Å². The Morgan fingerprint density at radius 2 is 1.76 bits per heavy atom. The first-order valence-electron chi connectivity index (χ1n) is 10.7. The molecular weight excluding hydrogens is 459 g/mol. The van der Waals surface area contributed by atoms with E-state index >= 15 is 0 Å². The number of anilines is 1. The fourth-order valence-electron chi connectivity index (χ4n) is 3.91. The van der Waals surface area contributed by atoms with Gasteiger partial charge in [0, 0.05) is 48.3 Å². The lowest BCUT2D eigenvalue weighted by Crippen LogP contribution is -2.50. The normalized spacial score (nSPS) is 14.3. The first kappa shape index (κ1) is 23.2. The number of amides is 1. The van der Waals surface area contributed by atoms with E-state index in [0.29, 0.717) is 47.3 Å². The quantitative estimate of drug-likeness (QED) is 0.438. The van der Waals surface area contributed by atoms with Crippen LogP contribution >= 0.6 is 23.2 Å². The summed E-state index contributed by atoms with van der Waals surface area (Å²) in [6.07, 6.45) is 1.26. The Morgan fingerprint density at radius 1 is 1.09 bits per heavy atom. The monoisotopic (exact) mass is 482 g/mol. The van der Waals surface area contributed by atoms with Crippen LogP contribution in [0.2, 0.25) is 10.0 Å². The highest BCUT2D eigenvalue weighted by molar-refractivity contribution is 6.34. The molecule has 0 radical (unpaired) electrons. The Kier molecular flexibility index (Phi) is 6.38. The molecule has 0 saturated carbocycles. The second-order valence-corrected chi connectivity index (χ2v) is 9.79. The molecule has 0 atom stereocenters. The number of nitrogens with zero attached hydrogens (tertiary/aromatic N) is 4. The number of pyridine rings is 1. The summed E-state index contributed by atoms with van der Waals surface area (Å²) in [7, 11) is 0. The molecule has 2 heterocycles. The molecule has 0 bridgehead atoms. The molecular formula is C25H24Cl2N4O2. The van der Waals surface area contributed by atoms with Crippen molar-refractivity contribution in [3.05, 3.63) is 58.2 Å². The smallest absolute Gasteiger partial charge is 0.410 e. The van der Waals surface area contributed by atoms with Gasteiger partial charge < -0.3 is 14.5 Å². The molecule has 1 aliphatic rings. The van der Waals surface area contributed by atoms with Crippen LogP contribution in [0.5, 0.6) is 0 Å². The van der Waals surface area contributed by atoms with Gasteiger partial charge in [0.2, 0.25) is 0 Å². The number of carbonyl (C=O) groups excluding carboxylic acids is 1. The van der Waals surface area contributed by atoms with Crippen LogP contribution in [-0.2, 0) is 4.74 Å². The summed E-state index contributed by atoms with van der Waals surface area (Å²) in [4.78, 5) is 20.7. The number of hydrogen-bond acceptors (Lipinski definition) is 5. The number of aromatic nitrogens is 1. The van der Waals surface area contributed by atoms with Crippen LogP contribution in [0.25, 0.3) is 22.0 Å². The molecule has 0 N–H and O–H groups in total. The second-order valence-electron chi connectivity index (χ2n) is 8.94. The Labute approximate surface area is 203 Å². The van der Waals surface area contributed by atoms with E-state index in [1.165, 1.54) is 0 Å². The van der Waals surface area contributed by atoms with Crippen molar-refractivity contribution in [3.63, 3.8) is 0 Å². The number of benzene rings is 2. The first-order valence-corrected chi connectivity index (χ1v) is 11.4. The van der Waals surface area contributed by atoms with Crippen LogP contribution in [0.15, 0.2) is 42.6 Å². The van der Waals surface area contributed by atoms with Gasteiger partial charge in [-0.2, -0.15) is 5.26 Å². The van der Waals surface area contributed by atoms with Crippen molar-refractivity contribution in [2.24, 2.45) is 0 Å². The van der Waals surface area contributed by atoms with Crippen molar-refractivity contribution in [3.8, 4) is 17.2 Å². The van der Waals surface area contributed by atoms with Gasteiger partial charge in [0.05, 0.1) is 21.8 Å². The van der Waals surface area contributed by atoms with Crippen molar-refractivity contribution < 1.29 is 9.53 Å². The lowest BCUT2D eigenvalue weighted by molar-refractivity contribution is 0.0240. The fourth-order valence-corrected chi connectivity index (χ4v) is 4.30. The number of fused-ring (bicyclic) bond motifs is 1. The van der Waals surface area contributed by atoms with Crippen LogP contribution in [0, 0.1) is 11.3 Å². The van der Waals surface area contributed by atoms with E-state index in [9.17, 15) is 10.1 Å². The van der Waals surface area contributed by atoms with Crippen molar-refractivity contribution in [1.82, 2.24) is 9.88 Å². The van der Waals surface area contributed by atoms with Crippen molar-refractivity contribution >= 4 is 45.9 Å². The molecule has 33 heavy (non-hydrogen) atoms. The summed E-state index contributed by atoms with van der Waals surface area (Å²) in [5.74, 6) is 0. The molecule has 0 unspecified atom stereocenters. The average molecular weight is 483 g/mol. The van der Waals surface area contributed by atoms with E-state index in [1.807, 2.05) is 57.2 Å². The highest BCUT2D eigenvalue weighted by atomic mass is 35.5. The predicted octanol–water partition coefficient (Wildman–Crippen LogP) is 6.14. The molecule has 6 nitrogen and oxygen atoms in total. The van der Waals surface area contributed by atoms with E-state index < -0.39 is 5.60 Å². The van der Waals surface area contributed by atoms with Gasteiger partial charge in [-0.3, -0.25) is 4.98 Å². The average Bonchev–Trinajstić information content (AvgIpc) is 2.77. The molecule has 8 heteroatoms. The van der Waals surface area contributed by atoms with Gasteiger partial charge in [-0.15, -0.1) is 0 Å². The Morgan fingerprint density at radius 3 is 2.36 bits per heavy atom. The largest absolute Gasteiger partial charge is 0.444 e. The molecule has 1 amide bonds. The highest BCUT2D eigenvalue weighted by Gasteiger charge is 2.28. The third kappa shape index (κ3) is 5.00. The zero-order valence-corrected chi connectivity index (χ0v) is 20.2. The maximum atomic E-state index is 12.5. The first-order chi connectivity index (χ1) is 15.7. The maximum Gasteiger partial charge on any atom is 0.410 e. The summed E-state index contributed by atoms with van der Waals surface area (Å²) >= 11 is 12.6. The molecule has 1 fully saturated rings. The summed E-state index contributed by atoms with van der Waals surface area (Å²) in [6.45, 7) is 7.72. The van der Waals surface area contributed by atoms with Crippen LogP contribution < -0.4 is 4.90 Å². The van der Waals surface area contributed by atoms with Gasteiger partial charge in [-0.05, 0) is 50.6 Å². The Balaban J connectivity index is 1.70. The van der Waals surface area contributed by atoms with E-state index in [4.69, 9.17) is 27.9 Å². The fraction of sp³-hybridized carbons (Fsp3) is 0.320. The van der Waals surface area contributed by atoms with Crippen LogP contribution in [0.4, 0.5) is 10.5 Å². The number of ether oxygens (including phenoxy) is 1. The van der Waals surface area contributed by atoms with Crippen LogP contribution in [0.1, 0.15) is 26.3 Å². The molecule has 3 aromatic rings. The zero-order valence-electron chi connectivity index (χ0n) is 18.7. The minimum atomic E-state index is -0.541. The lowest BCUT2D eigenvalue weighted by atomic mass is 10.0. The highest BCUT2D eigenvalue weighted by Crippen LogP contribution is 2.37. The van der Waals surface area contributed by atoms with E-state index in [2.05, 4.69) is 16.0 Å². The van der Waals surface area contributed by atoms with E-state index in [1.54, 1.807) is 11.1 Å². The molecule has 1 aliphatic heterocycles. The lowest BCUT2D eigenvalue weighted by Gasteiger charge is -2.37. The minimum Gasteiger partial charge on any atom is -0.444 e. The van der Waals surface area contributed by atoms with Crippen molar-refractivity contribution in [2.45, 2.75) is 26.4 Å². The molecule has 4 rings (SSSR count). The van der Waals surface area contributed by atoms with Crippen LogP contribution in [-0.4, -0.2) is 47.8 Å². The molecule has 1 aromatic heterocycles. The van der Waals surface area contributed by atoms with E-state index in [0.717, 1.165) is 22.2 Å². The summed E-state index contributed by atoms with van der Waals surface area (Å²) in [6, 6.07) is 13.5. The molecule has 1 saturated heterocycles. The standard InChI is InChI=1S/C25H24Cl2N4O2/c1-25(2,3)33-24(32)31-10-8-30(9-11-31)23-17(14-28)15-29-22-13-21(27)19(12-20(22)23)16-4-6-18(26)7-5-16/h4-7,12-13,15H,8-11H2,1-3H3. The molecule has 0 spiro atoms. The molecule has 170 valence electrons. The maximum absolute atomic E-state index is 12.5. The number of halogens is 2. The molecule has 2 aromatic carbocycles. The van der Waals surface area contributed by atoms with Crippen molar-refractivity contribution in [1.29, 1.82) is 5.26 Å². The number of nitriles is 1. The Bertz CT molecular complexity index is 1240. The zero-order chi connectivity index (χ0) is 23.8. The topological polar surface area (TPSA) is 69.5 Å². The summed E-state index contributed by atoms with van der Waals surface area (Å²) in [5.41, 5.74) is 3.22. The second kappa shape index (κ2) is 9.09. The predicted molar refractivity (Wildman–Crippen MR) is 132 cm³/mol. The van der Waals surface area contributed by atoms with Crippen molar-refractivity contribution in [2.75, 3.05) is 31.1 Å². The van der Waals surface area contributed by atoms with Gasteiger partial charge >= 0.3 is 6.09 Å². The number of piperazine rings is 1. The van der Waals surface area contributed by atoms with Gasteiger partial charge in [-0.1, -0.05) is 35.3 Å². The number of rotatable bonds is 2.